The fourth-order valence-electron chi connectivity index (χ4n) is 1.76. The van der Waals surface area contributed by atoms with Crippen LogP contribution in [-0.4, -0.2) is 33.8 Å². The van der Waals surface area contributed by atoms with Crippen molar-refractivity contribution in [3.8, 4) is 0 Å². The fourth-order valence-corrected chi connectivity index (χ4v) is 2.59. The molecule has 2 nitrogen and oxygen atoms in total. The molecule has 0 fully saturated rings. The third-order valence-electron chi connectivity index (χ3n) is 2.51. The fraction of sp³-hybridized carbons (Fsp3) is 1.00. The Bertz CT molecular complexity index is 191. The van der Waals surface area contributed by atoms with Gasteiger partial charge in [-0.3, -0.25) is 0 Å². The summed E-state index contributed by atoms with van der Waals surface area (Å²) in [6.07, 6.45) is 2.12. The highest BCUT2D eigenvalue weighted by Gasteiger charge is 2.24. The van der Waals surface area contributed by atoms with Crippen LogP contribution in [0, 0.1) is 0 Å². The maximum Gasteiger partial charge on any atom is 0.0610 e. The lowest BCUT2D eigenvalue weighted by molar-refractivity contribution is 0.157. The molecular formula is C13H29NOS. The molecule has 0 aromatic heterocycles. The summed E-state index contributed by atoms with van der Waals surface area (Å²) < 4.78 is 0.316. The Kier molecular flexibility index (Phi) is 6.99. The second-order valence-electron chi connectivity index (χ2n) is 5.94. The van der Waals surface area contributed by atoms with Gasteiger partial charge in [-0.15, -0.1) is 0 Å². The van der Waals surface area contributed by atoms with E-state index in [0.29, 0.717) is 10.8 Å². The molecule has 0 radical (unpaired) electrons. The molecule has 98 valence electrons. The van der Waals surface area contributed by atoms with Crippen LogP contribution in [0.15, 0.2) is 0 Å². The van der Waals surface area contributed by atoms with Crippen molar-refractivity contribution in [2.24, 2.45) is 0 Å². The van der Waals surface area contributed by atoms with Crippen LogP contribution < -0.4 is 5.32 Å². The molecule has 0 aliphatic rings. The maximum atomic E-state index is 9.42. The second-order valence-corrected chi connectivity index (χ2v) is 7.78. The zero-order valence-corrected chi connectivity index (χ0v) is 12.6. The zero-order valence-electron chi connectivity index (χ0n) is 11.8. The van der Waals surface area contributed by atoms with Gasteiger partial charge in [-0.1, -0.05) is 34.1 Å². The molecule has 2 N–H and O–H groups in total. The van der Waals surface area contributed by atoms with Crippen molar-refractivity contribution < 1.29 is 5.11 Å². The van der Waals surface area contributed by atoms with E-state index >= 15 is 0 Å². The number of hydrogen-bond acceptors (Lipinski definition) is 3. The first kappa shape index (κ1) is 16.3. The lowest BCUT2D eigenvalue weighted by atomic mass is 9.96. The van der Waals surface area contributed by atoms with Crippen LogP contribution >= 0.6 is 11.8 Å². The van der Waals surface area contributed by atoms with E-state index in [4.69, 9.17) is 0 Å². The number of rotatable bonds is 7. The largest absolute Gasteiger partial charge is 0.394 e. The molecule has 2 unspecified atom stereocenters. The van der Waals surface area contributed by atoms with Crippen molar-refractivity contribution >= 4 is 11.8 Å². The summed E-state index contributed by atoms with van der Waals surface area (Å²) in [5.74, 6) is 1.09. The Morgan fingerprint density at radius 2 is 1.81 bits per heavy atom. The third-order valence-corrected chi connectivity index (χ3v) is 4.04. The number of thioether (sulfide) groups is 1. The van der Waals surface area contributed by atoms with Crippen molar-refractivity contribution in [3.05, 3.63) is 0 Å². The van der Waals surface area contributed by atoms with Crippen LogP contribution in [0.5, 0.6) is 0 Å². The molecule has 0 saturated carbocycles. The Labute approximate surface area is 106 Å². The maximum absolute atomic E-state index is 9.42. The van der Waals surface area contributed by atoms with Crippen LogP contribution in [0.25, 0.3) is 0 Å². The quantitative estimate of drug-likeness (QED) is 0.725. The van der Waals surface area contributed by atoms with Crippen molar-refractivity contribution in [1.29, 1.82) is 0 Å². The normalized spacial score (nSPS) is 18.2. The SMILES string of the molecule is CCCC(C)(CO)NC(C)CSC(C)(C)C. The summed E-state index contributed by atoms with van der Waals surface area (Å²) in [5.41, 5.74) is -0.118. The van der Waals surface area contributed by atoms with Gasteiger partial charge >= 0.3 is 0 Å². The van der Waals surface area contributed by atoms with Gasteiger partial charge in [0.1, 0.15) is 0 Å². The predicted molar refractivity (Wildman–Crippen MR) is 75.2 cm³/mol. The second kappa shape index (κ2) is 6.87. The molecule has 0 saturated heterocycles. The molecule has 0 bridgehead atoms. The first-order chi connectivity index (χ1) is 7.22. The molecule has 0 spiro atoms. The Morgan fingerprint density at radius 3 is 2.19 bits per heavy atom. The lowest BCUT2D eigenvalue weighted by Crippen LogP contribution is -2.50. The van der Waals surface area contributed by atoms with Gasteiger partial charge < -0.3 is 10.4 Å². The van der Waals surface area contributed by atoms with Crippen molar-refractivity contribution in [2.45, 2.75) is 70.7 Å². The van der Waals surface area contributed by atoms with Crippen LogP contribution in [-0.2, 0) is 0 Å². The van der Waals surface area contributed by atoms with E-state index < -0.39 is 0 Å². The predicted octanol–water partition coefficient (Wildman–Crippen LogP) is 3.05. The van der Waals surface area contributed by atoms with Crippen LogP contribution in [0.2, 0.25) is 0 Å². The van der Waals surface area contributed by atoms with Gasteiger partial charge in [0.25, 0.3) is 0 Å². The van der Waals surface area contributed by atoms with Gasteiger partial charge in [0.2, 0.25) is 0 Å². The molecule has 0 heterocycles. The first-order valence-corrected chi connectivity index (χ1v) is 7.23. The minimum atomic E-state index is -0.118. The average molecular weight is 247 g/mol. The molecule has 0 aromatic carbocycles. The van der Waals surface area contributed by atoms with E-state index in [1.807, 2.05) is 11.8 Å². The summed E-state index contributed by atoms with van der Waals surface area (Å²) >= 11 is 1.97. The van der Waals surface area contributed by atoms with E-state index in [1.54, 1.807) is 0 Å². The highest BCUT2D eigenvalue weighted by Crippen LogP contribution is 2.24. The molecule has 0 amide bonds. The molecule has 0 aliphatic carbocycles. The van der Waals surface area contributed by atoms with E-state index in [2.05, 4.69) is 46.9 Å². The Morgan fingerprint density at radius 1 is 1.25 bits per heavy atom. The van der Waals surface area contributed by atoms with E-state index in [0.717, 1.165) is 18.6 Å². The molecule has 16 heavy (non-hydrogen) atoms. The van der Waals surface area contributed by atoms with Gasteiger partial charge in [-0.25, -0.2) is 0 Å². The summed E-state index contributed by atoms with van der Waals surface area (Å²) in [6.45, 7) is 13.4. The Hall–Kier alpha value is 0.270. The molecule has 3 heteroatoms. The number of nitrogens with one attached hydrogen (secondary N) is 1. The van der Waals surface area contributed by atoms with E-state index in [-0.39, 0.29) is 12.1 Å². The molecule has 0 aliphatic heterocycles. The van der Waals surface area contributed by atoms with E-state index in [1.165, 1.54) is 0 Å². The van der Waals surface area contributed by atoms with Crippen LogP contribution in [0.1, 0.15) is 54.4 Å². The van der Waals surface area contributed by atoms with Crippen molar-refractivity contribution in [1.82, 2.24) is 5.32 Å². The summed E-state index contributed by atoms with van der Waals surface area (Å²) in [7, 11) is 0. The average Bonchev–Trinajstić information content (AvgIpc) is 2.14. The summed E-state index contributed by atoms with van der Waals surface area (Å²) in [5, 5.41) is 13.0. The van der Waals surface area contributed by atoms with Crippen molar-refractivity contribution in [2.75, 3.05) is 12.4 Å². The smallest absolute Gasteiger partial charge is 0.0610 e. The van der Waals surface area contributed by atoms with Gasteiger partial charge in [0.15, 0.2) is 0 Å². The molecule has 0 aromatic rings. The standard InChI is InChI=1S/C13H29NOS/c1-7-8-13(6,10-15)14-11(2)9-16-12(3,4)5/h11,14-15H,7-10H2,1-6H3. The summed E-state index contributed by atoms with van der Waals surface area (Å²) in [4.78, 5) is 0. The highest BCUT2D eigenvalue weighted by atomic mass is 32.2. The minimum Gasteiger partial charge on any atom is -0.394 e. The highest BCUT2D eigenvalue weighted by molar-refractivity contribution is 8.00. The van der Waals surface area contributed by atoms with Gasteiger partial charge in [0.05, 0.1) is 6.61 Å². The topological polar surface area (TPSA) is 32.3 Å². The molecular weight excluding hydrogens is 218 g/mol. The lowest BCUT2D eigenvalue weighted by Gasteiger charge is -2.33. The van der Waals surface area contributed by atoms with Crippen LogP contribution in [0.3, 0.4) is 0 Å². The minimum absolute atomic E-state index is 0.118. The molecule has 0 rings (SSSR count). The monoisotopic (exact) mass is 247 g/mol. The van der Waals surface area contributed by atoms with E-state index in [9.17, 15) is 5.11 Å². The van der Waals surface area contributed by atoms with Crippen LogP contribution in [0.4, 0.5) is 0 Å². The van der Waals surface area contributed by atoms with Gasteiger partial charge in [-0.05, 0) is 20.3 Å². The number of aliphatic hydroxyl groups is 1. The first-order valence-electron chi connectivity index (χ1n) is 6.25. The van der Waals surface area contributed by atoms with Gasteiger partial charge in [-0.2, -0.15) is 11.8 Å². The number of aliphatic hydroxyl groups excluding tert-OH is 1. The Balaban J connectivity index is 4.05. The third kappa shape index (κ3) is 7.53. The number of hydrogen-bond donors (Lipinski definition) is 2. The zero-order chi connectivity index (χ0) is 12.8. The van der Waals surface area contributed by atoms with Gasteiger partial charge in [0, 0.05) is 22.1 Å². The van der Waals surface area contributed by atoms with Crippen molar-refractivity contribution in [3.63, 3.8) is 0 Å². The molecule has 2 atom stereocenters. The summed E-state index contributed by atoms with van der Waals surface area (Å²) in [6, 6.07) is 0.438.